The number of ketones is 1. The van der Waals surface area contributed by atoms with Crippen molar-refractivity contribution in [3.05, 3.63) is 89.7 Å². The highest BCUT2D eigenvalue weighted by Gasteiger charge is 2.46. The number of furan rings is 2. The number of Topliss-reactive ketones (excluding diaryl/α,β-unsaturated/α-hetero) is 1. The first-order valence-electron chi connectivity index (χ1n) is 7.72. The molecule has 1 amide bonds. The lowest BCUT2D eigenvalue weighted by atomic mass is 9.99. The molecule has 1 aromatic carbocycles. The van der Waals surface area contributed by atoms with Crippen LogP contribution in [0.3, 0.4) is 0 Å². The van der Waals surface area contributed by atoms with Crippen LogP contribution >= 0.6 is 0 Å². The lowest BCUT2D eigenvalue weighted by Gasteiger charge is -2.24. The summed E-state index contributed by atoms with van der Waals surface area (Å²) >= 11 is 0. The minimum absolute atomic E-state index is 0.0306. The van der Waals surface area contributed by atoms with Crippen LogP contribution in [-0.4, -0.2) is 16.8 Å². The zero-order chi connectivity index (χ0) is 18.3. The summed E-state index contributed by atoms with van der Waals surface area (Å²) in [6.45, 7) is 0. The molecule has 26 heavy (non-hydrogen) atoms. The lowest BCUT2D eigenvalue weighted by molar-refractivity contribution is -0.117. The third kappa shape index (κ3) is 2.41. The third-order valence-electron chi connectivity index (χ3n) is 4.10. The fourth-order valence-corrected chi connectivity index (χ4v) is 2.99. The second-order valence-electron chi connectivity index (χ2n) is 5.64. The normalized spacial score (nSPS) is 17.2. The van der Waals surface area contributed by atoms with Gasteiger partial charge in [0.05, 0.1) is 18.1 Å². The van der Waals surface area contributed by atoms with Gasteiger partial charge in [-0.05, 0) is 42.5 Å². The van der Waals surface area contributed by atoms with Crippen molar-refractivity contribution in [1.82, 2.24) is 0 Å². The number of rotatable bonds is 4. The van der Waals surface area contributed by atoms with Crippen molar-refractivity contribution in [1.29, 1.82) is 0 Å². The summed E-state index contributed by atoms with van der Waals surface area (Å²) in [6.07, 6.45) is 2.70. The van der Waals surface area contributed by atoms with Crippen LogP contribution in [0.25, 0.3) is 0 Å². The highest BCUT2D eigenvalue weighted by Crippen LogP contribution is 2.42. The summed E-state index contributed by atoms with van der Waals surface area (Å²) in [5, 5.41) is 10.4. The molecular weight excluding hydrogens is 341 g/mol. The van der Waals surface area contributed by atoms with E-state index in [2.05, 4.69) is 0 Å². The van der Waals surface area contributed by atoms with Crippen LogP contribution in [0.5, 0.6) is 0 Å². The Labute approximate surface area is 146 Å². The maximum atomic E-state index is 13.7. The number of aliphatic hydroxyl groups excluding tert-OH is 1. The second-order valence-corrected chi connectivity index (χ2v) is 5.64. The maximum Gasteiger partial charge on any atom is 0.294 e. The molecule has 130 valence electrons. The van der Waals surface area contributed by atoms with Crippen LogP contribution < -0.4 is 4.90 Å². The van der Waals surface area contributed by atoms with Crippen molar-refractivity contribution in [2.24, 2.45) is 0 Å². The van der Waals surface area contributed by atoms with Crippen LogP contribution in [0.1, 0.15) is 22.4 Å². The van der Waals surface area contributed by atoms with Gasteiger partial charge in [0.25, 0.3) is 5.91 Å². The molecule has 0 spiro atoms. The largest absolute Gasteiger partial charge is 0.503 e. The Hall–Kier alpha value is -3.61. The van der Waals surface area contributed by atoms with Crippen molar-refractivity contribution in [3.8, 4) is 0 Å². The van der Waals surface area contributed by atoms with Gasteiger partial charge in [0.15, 0.2) is 11.5 Å². The summed E-state index contributed by atoms with van der Waals surface area (Å²) in [5.41, 5.74) is -0.00523. The van der Waals surface area contributed by atoms with Crippen LogP contribution in [0.2, 0.25) is 0 Å². The van der Waals surface area contributed by atoms with Crippen LogP contribution in [0.4, 0.5) is 10.1 Å². The summed E-state index contributed by atoms with van der Waals surface area (Å²) in [4.78, 5) is 26.6. The summed E-state index contributed by atoms with van der Waals surface area (Å²) < 4.78 is 24.2. The summed E-state index contributed by atoms with van der Waals surface area (Å²) in [7, 11) is 0. The van der Waals surface area contributed by atoms with Gasteiger partial charge in [0.1, 0.15) is 17.6 Å². The molecule has 1 aliphatic rings. The fraction of sp³-hybridized carbons (Fsp3) is 0.0526. The molecule has 7 heteroatoms. The minimum Gasteiger partial charge on any atom is -0.503 e. The average Bonchev–Trinajstić information content (AvgIpc) is 3.36. The standard InChI is InChI=1S/C19H12FNO5/c20-11-4-1-5-12(10-11)21-16(13-6-2-8-25-13)15(18(23)19(21)24)17(22)14-7-3-9-26-14/h1-10,16,23H. The van der Waals surface area contributed by atoms with E-state index in [1.54, 1.807) is 12.1 Å². The zero-order valence-electron chi connectivity index (χ0n) is 13.3. The minimum atomic E-state index is -1.04. The Kier molecular flexibility index (Phi) is 3.69. The zero-order valence-corrected chi connectivity index (χ0v) is 13.3. The summed E-state index contributed by atoms with van der Waals surface area (Å²) in [6, 6.07) is 10.4. The first-order chi connectivity index (χ1) is 12.6. The van der Waals surface area contributed by atoms with Crippen LogP contribution in [-0.2, 0) is 4.79 Å². The van der Waals surface area contributed by atoms with Crippen molar-refractivity contribution in [2.75, 3.05) is 4.90 Å². The Morgan fingerprint density at radius 3 is 2.50 bits per heavy atom. The molecule has 0 radical (unpaired) electrons. The van der Waals surface area contributed by atoms with Gasteiger partial charge in [-0.25, -0.2) is 4.39 Å². The van der Waals surface area contributed by atoms with Gasteiger partial charge in [-0.1, -0.05) is 6.07 Å². The number of anilines is 1. The maximum absolute atomic E-state index is 13.7. The van der Waals surface area contributed by atoms with Crippen molar-refractivity contribution < 1.29 is 27.9 Å². The number of amides is 1. The highest BCUT2D eigenvalue weighted by atomic mass is 19.1. The molecule has 0 bridgehead atoms. The molecule has 0 aliphatic carbocycles. The van der Waals surface area contributed by atoms with Gasteiger partial charge in [-0.3, -0.25) is 14.5 Å². The van der Waals surface area contributed by atoms with E-state index in [1.165, 1.54) is 42.9 Å². The summed E-state index contributed by atoms with van der Waals surface area (Å²) in [5.74, 6) is -2.54. The molecule has 1 N–H and O–H groups in total. The fourth-order valence-electron chi connectivity index (χ4n) is 2.99. The number of aliphatic hydroxyl groups is 1. The van der Waals surface area contributed by atoms with Crippen molar-refractivity contribution >= 4 is 17.4 Å². The predicted octanol–water partition coefficient (Wildman–Crippen LogP) is 3.79. The Bertz CT molecular complexity index is 1000. The van der Waals surface area contributed by atoms with Crippen LogP contribution in [0.15, 0.2) is 81.2 Å². The Morgan fingerprint density at radius 2 is 1.85 bits per heavy atom. The van der Waals surface area contributed by atoms with Crippen LogP contribution in [0, 0.1) is 5.82 Å². The van der Waals surface area contributed by atoms with Crippen molar-refractivity contribution in [3.63, 3.8) is 0 Å². The number of carbonyl (C=O) groups is 2. The van der Waals surface area contributed by atoms with E-state index < -0.39 is 29.3 Å². The molecule has 3 heterocycles. The molecule has 4 rings (SSSR count). The smallest absolute Gasteiger partial charge is 0.294 e. The van der Waals surface area contributed by atoms with E-state index in [1.807, 2.05) is 0 Å². The molecular formula is C19H12FNO5. The number of hydrogen-bond donors (Lipinski definition) is 1. The predicted molar refractivity (Wildman–Crippen MR) is 88.0 cm³/mol. The van der Waals surface area contributed by atoms with Gasteiger partial charge in [-0.2, -0.15) is 0 Å². The lowest BCUT2D eigenvalue weighted by Crippen LogP contribution is -2.30. The molecule has 0 saturated heterocycles. The van der Waals surface area contributed by atoms with Gasteiger partial charge in [0, 0.05) is 5.69 Å². The molecule has 0 saturated carbocycles. The molecule has 3 aromatic rings. The second kappa shape index (κ2) is 6.03. The topological polar surface area (TPSA) is 83.9 Å². The number of nitrogens with zero attached hydrogens (tertiary/aromatic N) is 1. The molecule has 1 aliphatic heterocycles. The number of hydrogen-bond acceptors (Lipinski definition) is 5. The monoisotopic (exact) mass is 353 g/mol. The Morgan fingerprint density at radius 1 is 1.08 bits per heavy atom. The molecule has 1 atom stereocenters. The van der Waals surface area contributed by atoms with Gasteiger partial charge >= 0.3 is 0 Å². The number of benzene rings is 1. The SMILES string of the molecule is O=C(C1=C(O)C(=O)N(c2cccc(F)c2)C1c1ccco1)c1ccco1. The average molecular weight is 353 g/mol. The van der Waals surface area contributed by atoms with Gasteiger partial charge in [-0.15, -0.1) is 0 Å². The quantitative estimate of drug-likeness (QED) is 0.722. The number of halogens is 1. The van der Waals surface area contributed by atoms with E-state index in [0.717, 1.165) is 11.0 Å². The molecule has 2 aromatic heterocycles. The number of carbonyl (C=O) groups excluding carboxylic acids is 2. The van der Waals surface area contributed by atoms with E-state index in [4.69, 9.17) is 8.83 Å². The Balaban J connectivity index is 1.87. The van der Waals surface area contributed by atoms with Crippen molar-refractivity contribution in [2.45, 2.75) is 6.04 Å². The van der Waals surface area contributed by atoms with Gasteiger partial charge in [0.2, 0.25) is 5.78 Å². The molecule has 1 unspecified atom stereocenters. The first kappa shape index (κ1) is 15.9. The van der Waals surface area contributed by atoms with E-state index in [0.29, 0.717) is 0 Å². The molecule has 6 nitrogen and oxygen atoms in total. The van der Waals surface area contributed by atoms with E-state index in [-0.39, 0.29) is 22.8 Å². The molecule has 0 fully saturated rings. The van der Waals surface area contributed by atoms with E-state index >= 15 is 0 Å². The first-order valence-corrected chi connectivity index (χ1v) is 7.72. The van der Waals surface area contributed by atoms with Gasteiger partial charge < -0.3 is 13.9 Å². The third-order valence-corrected chi connectivity index (χ3v) is 4.10. The highest BCUT2D eigenvalue weighted by molar-refractivity contribution is 6.20. The van der Waals surface area contributed by atoms with E-state index in [9.17, 15) is 19.1 Å².